The Balaban J connectivity index is 3.81. The van der Waals surface area contributed by atoms with Gasteiger partial charge >= 0.3 is 0 Å². The molecule has 20 heavy (non-hydrogen) atoms. The molecular weight excluding hydrogens is 240 g/mol. The number of hydrogen-bond donors (Lipinski definition) is 0. The van der Waals surface area contributed by atoms with Crippen molar-refractivity contribution in [3.63, 3.8) is 0 Å². The maximum Gasteiger partial charge on any atom is -0.0380 e. The molecule has 0 aliphatic carbocycles. The van der Waals surface area contributed by atoms with Gasteiger partial charge in [0.2, 0.25) is 0 Å². The van der Waals surface area contributed by atoms with E-state index in [4.69, 9.17) is 0 Å². The largest absolute Gasteiger partial charge is 0.0625 e. The highest BCUT2D eigenvalue weighted by molar-refractivity contribution is 4.69. The monoisotopic (exact) mass is 282 g/mol. The summed E-state index contributed by atoms with van der Waals surface area (Å²) in [4.78, 5) is 0. The molecular formula is C20H42. The SMILES string of the molecule is CC(CCC(C)CC(C)(C)C)CCC(C)CC(C)(C)C. The average Bonchev–Trinajstić information content (AvgIpc) is 2.18. The molecule has 0 N–H and O–H groups in total. The average molecular weight is 283 g/mol. The van der Waals surface area contributed by atoms with E-state index in [0.29, 0.717) is 10.8 Å². The van der Waals surface area contributed by atoms with Gasteiger partial charge in [0, 0.05) is 0 Å². The van der Waals surface area contributed by atoms with Crippen LogP contribution in [0.2, 0.25) is 0 Å². The molecule has 0 aliphatic heterocycles. The molecule has 0 heteroatoms. The van der Waals surface area contributed by atoms with Gasteiger partial charge in [0.15, 0.2) is 0 Å². The fourth-order valence-electron chi connectivity index (χ4n) is 3.58. The van der Waals surface area contributed by atoms with E-state index in [1.807, 2.05) is 0 Å². The molecule has 0 aromatic carbocycles. The minimum atomic E-state index is 0.490. The first-order chi connectivity index (χ1) is 8.89. The summed E-state index contributed by atoms with van der Waals surface area (Å²) in [5.74, 6) is 2.66. The molecule has 0 heterocycles. The van der Waals surface area contributed by atoms with Crippen LogP contribution >= 0.6 is 0 Å². The van der Waals surface area contributed by atoms with Gasteiger partial charge in [-0.05, 0) is 41.4 Å². The molecule has 0 saturated heterocycles. The van der Waals surface area contributed by atoms with Crippen molar-refractivity contribution < 1.29 is 0 Å². The summed E-state index contributed by atoms with van der Waals surface area (Å²) in [5.41, 5.74) is 0.980. The predicted molar refractivity (Wildman–Crippen MR) is 94.1 cm³/mol. The van der Waals surface area contributed by atoms with Crippen molar-refractivity contribution >= 4 is 0 Å². The Hall–Kier alpha value is 0. The van der Waals surface area contributed by atoms with Crippen molar-refractivity contribution in [2.45, 2.75) is 101 Å². The summed E-state index contributed by atoms with van der Waals surface area (Å²) in [6, 6.07) is 0. The van der Waals surface area contributed by atoms with Crippen molar-refractivity contribution in [1.82, 2.24) is 0 Å². The minimum absolute atomic E-state index is 0.490. The molecule has 0 spiro atoms. The maximum atomic E-state index is 2.45. The summed E-state index contributed by atoms with van der Waals surface area (Å²) in [6.07, 6.45) is 8.37. The van der Waals surface area contributed by atoms with Gasteiger partial charge in [-0.3, -0.25) is 0 Å². The molecule has 0 aliphatic rings. The lowest BCUT2D eigenvalue weighted by Gasteiger charge is -2.25. The predicted octanol–water partition coefficient (Wildman–Crippen LogP) is 7.33. The Morgan fingerprint density at radius 1 is 0.500 bits per heavy atom. The molecule has 0 rings (SSSR count). The summed E-state index contributed by atoms with van der Waals surface area (Å²) in [6.45, 7) is 21.5. The van der Waals surface area contributed by atoms with E-state index in [0.717, 1.165) is 17.8 Å². The lowest BCUT2D eigenvalue weighted by atomic mass is 9.80. The third kappa shape index (κ3) is 13.0. The van der Waals surface area contributed by atoms with E-state index in [-0.39, 0.29) is 0 Å². The zero-order valence-electron chi connectivity index (χ0n) is 16.0. The normalized spacial score (nSPS) is 17.9. The quantitative estimate of drug-likeness (QED) is 0.437. The molecule has 0 radical (unpaired) electrons. The summed E-state index contributed by atoms with van der Waals surface area (Å²) in [5, 5.41) is 0. The van der Waals surface area contributed by atoms with Crippen molar-refractivity contribution in [1.29, 1.82) is 0 Å². The zero-order valence-corrected chi connectivity index (χ0v) is 16.0. The van der Waals surface area contributed by atoms with E-state index >= 15 is 0 Å². The van der Waals surface area contributed by atoms with Gasteiger partial charge in [-0.25, -0.2) is 0 Å². The number of rotatable bonds is 8. The fraction of sp³-hybridized carbons (Fsp3) is 1.00. The molecule has 0 saturated carbocycles. The molecule has 0 amide bonds. The van der Waals surface area contributed by atoms with Crippen LogP contribution < -0.4 is 0 Å². The Labute approximate surface area is 130 Å². The molecule has 0 nitrogen and oxygen atoms in total. The first kappa shape index (κ1) is 20.0. The Bertz CT molecular complexity index is 212. The van der Waals surface area contributed by atoms with Crippen molar-refractivity contribution in [3.05, 3.63) is 0 Å². The van der Waals surface area contributed by atoms with Crippen LogP contribution in [-0.2, 0) is 0 Å². The second-order valence-corrected chi connectivity index (χ2v) is 10.00. The first-order valence-corrected chi connectivity index (χ1v) is 8.89. The molecule has 0 aromatic rings. The maximum absolute atomic E-state index is 2.45. The van der Waals surface area contributed by atoms with Crippen LogP contribution in [0.3, 0.4) is 0 Å². The van der Waals surface area contributed by atoms with Crippen LogP contribution in [0, 0.1) is 28.6 Å². The van der Waals surface area contributed by atoms with Gasteiger partial charge in [0.25, 0.3) is 0 Å². The number of hydrogen-bond acceptors (Lipinski definition) is 0. The Morgan fingerprint density at radius 3 is 1.00 bits per heavy atom. The summed E-state index contributed by atoms with van der Waals surface area (Å²) < 4.78 is 0. The van der Waals surface area contributed by atoms with Gasteiger partial charge < -0.3 is 0 Å². The van der Waals surface area contributed by atoms with Gasteiger partial charge in [-0.1, -0.05) is 88.0 Å². The van der Waals surface area contributed by atoms with Crippen LogP contribution in [0.15, 0.2) is 0 Å². The highest BCUT2D eigenvalue weighted by atomic mass is 14.2. The lowest BCUT2D eigenvalue weighted by molar-refractivity contribution is 0.264. The first-order valence-electron chi connectivity index (χ1n) is 8.89. The molecule has 2 unspecified atom stereocenters. The van der Waals surface area contributed by atoms with Crippen LogP contribution in [0.25, 0.3) is 0 Å². The van der Waals surface area contributed by atoms with Gasteiger partial charge in [-0.15, -0.1) is 0 Å². The smallest absolute Gasteiger partial charge is 0.0380 e. The van der Waals surface area contributed by atoms with Crippen LogP contribution in [0.5, 0.6) is 0 Å². The van der Waals surface area contributed by atoms with Gasteiger partial charge in [0.1, 0.15) is 0 Å². The van der Waals surface area contributed by atoms with Gasteiger partial charge in [-0.2, -0.15) is 0 Å². The third-order valence-corrected chi connectivity index (χ3v) is 4.23. The second kappa shape index (κ2) is 8.44. The molecule has 122 valence electrons. The summed E-state index contributed by atoms with van der Waals surface area (Å²) in [7, 11) is 0. The standard InChI is InChI=1S/C20H42/c1-16(10-12-17(2)14-19(4,5)6)11-13-18(3)15-20(7,8)9/h16-18H,10-15H2,1-9H3. The summed E-state index contributed by atoms with van der Waals surface area (Å²) >= 11 is 0. The lowest BCUT2D eigenvalue weighted by Crippen LogP contribution is -2.13. The molecule has 0 fully saturated rings. The zero-order chi connectivity index (χ0) is 16.0. The fourth-order valence-corrected chi connectivity index (χ4v) is 3.58. The van der Waals surface area contributed by atoms with Crippen LogP contribution in [0.4, 0.5) is 0 Å². The second-order valence-electron chi connectivity index (χ2n) is 10.00. The topological polar surface area (TPSA) is 0 Å². The minimum Gasteiger partial charge on any atom is -0.0625 e. The highest BCUT2D eigenvalue weighted by Gasteiger charge is 2.18. The van der Waals surface area contributed by atoms with E-state index in [1.165, 1.54) is 38.5 Å². The van der Waals surface area contributed by atoms with E-state index < -0.39 is 0 Å². The highest BCUT2D eigenvalue weighted by Crippen LogP contribution is 2.30. The van der Waals surface area contributed by atoms with Gasteiger partial charge in [0.05, 0.1) is 0 Å². The third-order valence-electron chi connectivity index (χ3n) is 4.23. The van der Waals surface area contributed by atoms with E-state index in [2.05, 4.69) is 62.3 Å². The Morgan fingerprint density at radius 2 is 0.750 bits per heavy atom. The molecule has 0 aromatic heterocycles. The molecule has 2 atom stereocenters. The Kier molecular flexibility index (Phi) is 8.44. The van der Waals surface area contributed by atoms with Crippen molar-refractivity contribution in [2.24, 2.45) is 28.6 Å². The van der Waals surface area contributed by atoms with Crippen LogP contribution in [0.1, 0.15) is 101 Å². The van der Waals surface area contributed by atoms with Crippen LogP contribution in [-0.4, -0.2) is 0 Å². The van der Waals surface area contributed by atoms with E-state index in [9.17, 15) is 0 Å². The van der Waals surface area contributed by atoms with Crippen molar-refractivity contribution in [2.75, 3.05) is 0 Å². The van der Waals surface area contributed by atoms with E-state index in [1.54, 1.807) is 0 Å². The van der Waals surface area contributed by atoms with Crippen molar-refractivity contribution in [3.8, 4) is 0 Å². The molecule has 0 bridgehead atoms.